The second-order valence-electron chi connectivity index (χ2n) is 4.89. The van der Waals surface area contributed by atoms with Crippen molar-refractivity contribution in [1.29, 1.82) is 0 Å². The van der Waals surface area contributed by atoms with Crippen LogP contribution in [0.4, 0.5) is 0 Å². The van der Waals surface area contributed by atoms with Gasteiger partial charge in [-0.05, 0) is 25.3 Å². The molecule has 0 saturated carbocycles. The molecule has 1 fully saturated rings. The fourth-order valence-electron chi connectivity index (χ4n) is 2.46. The molecule has 1 aromatic heterocycles. The van der Waals surface area contributed by atoms with Crippen LogP contribution in [0.25, 0.3) is 11.3 Å². The van der Waals surface area contributed by atoms with Gasteiger partial charge in [0.15, 0.2) is 0 Å². The SMILES string of the molecule is O=C(c1cc(-c2ccccc2)n[nH]1)N1CCCCC1. The van der Waals surface area contributed by atoms with Gasteiger partial charge in [0.05, 0.1) is 5.69 Å². The Hall–Kier alpha value is -2.10. The zero-order valence-corrected chi connectivity index (χ0v) is 10.8. The summed E-state index contributed by atoms with van der Waals surface area (Å²) in [6, 6.07) is 11.7. The molecular weight excluding hydrogens is 238 g/mol. The summed E-state index contributed by atoms with van der Waals surface area (Å²) in [6.45, 7) is 1.72. The minimum atomic E-state index is 0.0642. The fourth-order valence-corrected chi connectivity index (χ4v) is 2.46. The third-order valence-electron chi connectivity index (χ3n) is 3.52. The Morgan fingerprint density at radius 3 is 2.58 bits per heavy atom. The van der Waals surface area contributed by atoms with Gasteiger partial charge in [-0.25, -0.2) is 0 Å². The number of rotatable bonds is 2. The van der Waals surface area contributed by atoms with E-state index in [1.165, 1.54) is 6.42 Å². The highest BCUT2D eigenvalue weighted by atomic mass is 16.2. The van der Waals surface area contributed by atoms with Crippen molar-refractivity contribution in [2.75, 3.05) is 13.1 Å². The number of piperidine rings is 1. The number of nitrogens with zero attached hydrogens (tertiary/aromatic N) is 2. The Balaban J connectivity index is 1.79. The molecule has 1 aromatic carbocycles. The lowest BCUT2D eigenvalue weighted by molar-refractivity contribution is 0.0718. The van der Waals surface area contributed by atoms with Crippen LogP contribution in [0.5, 0.6) is 0 Å². The van der Waals surface area contributed by atoms with Crippen molar-refractivity contribution in [3.8, 4) is 11.3 Å². The monoisotopic (exact) mass is 255 g/mol. The van der Waals surface area contributed by atoms with E-state index in [4.69, 9.17) is 0 Å². The average Bonchev–Trinajstić information content (AvgIpc) is 2.98. The predicted octanol–water partition coefficient (Wildman–Crippen LogP) is 2.70. The number of carbonyl (C=O) groups is 1. The van der Waals surface area contributed by atoms with Crippen LogP contribution in [0.2, 0.25) is 0 Å². The van der Waals surface area contributed by atoms with Gasteiger partial charge in [-0.2, -0.15) is 5.10 Å². The maximum Gasteiger partial charge on any atom is 0.271 e. The van der Waals surface area contributed by atoms with Gasteiger partial charge in [0.25, 0.3) is 5.91 Å². The van der Waals surface area contributed by atoms with Gasteiger partial charge >= 0.3 is 0 Å². The number of carbonyl (C=O) groups excluding carboxylic acids is 1. The van der Waals surface area contributed by atoms with Gasteiger partial charge < -0.3 is 4.90 Å². The number of hydrogen-bond donors (Lipinski definition) is 1. The molecule has 1 aliphatic rings. The maximum absolute atomic E-state index is 12.3. The Bertz CT molecular complexity index is 556. The van der Waals surface area contributed by atoms with Gasteiger partial charge in [-0.1, -0.05) is 30.3 Å². The van der Waals surface area contributed by atoms with Crippen molar-refractivity contribution in [3.63, 3.8) is 0 Å². The molecule has 4 nitrogen and oxygen atoms in total. The summed E-state index contributed by atoms with van der Waals surface area (Å²) in [5.41, 5.74) is 2.43. The third kappa shape index (κ3) is 2.52. The molecule has 98 valence electrons. The van der Waals surface area contributed by atoms with Crippen molar-refractivity contribution >= 4 is 5.91 Å². The lowest BCUT2D eigenvalue weighted by atomic mass is 10.1. The molecule has 0 spiro atoms. The summed E-state index contributed by atoms with van der Waals surface area (Å²) in [4.78, 5) is 14.2. The normalized spacial score (nSPS) is 15.5. The predicted molar refractivity (Wildman–Crippen MR) is 73.8 cm³/mol. The third-order valence-corrected chi connectivity index (χ3v) is 3.52. The van der Waals surface area contributed by atoms with Crippen molar-refractivity contribution < 1.29 is 4.79 Å². The molecular formula is C15H17N3O. The molecule has 19 heavy (non-hydrogen) atoms. The number of aromatic nitrogens is 2. The molecule has 0 bridgehead atoms. The lowest BCUT2D eigenvalue weighted by Crippen LogP contribution is -2.35. The van der Waals surface area contributed by atoms with Crippen LogP contribution in [0.3, 0.4) is 0 Å². The van der Waals surface area contributed by atoms with Crippen molar-refractivity contribution in [3.05, 3.63) is 42.1 Å². The van der Waals surface area contributed by atoms with E-state index in [0.29, 0.717) is 5.69 Å². The van der Waals surface area contributed by atoms with Gasteiger partial charge in [-0.15, -0.1) is 0 Å². The first-order valence-electron chi connectivity index (χ1n) is 6.75. The number of aromatic amines is 1. The van der Waals surface area contributed by atoms with Crippen LogP contribution in [0.15, 0.2) is 36.4 Å². The number of amides is 1. The fraction of sp³-hybridized carbons (Fsp3) is 0.333. The first kappa shape index (κ1) is 12.0. The van der Waals surface area contributed by atoms with E-state index >= 15 is 0 Å². The molecule has 1 N–H and O–H groups in total. The number of hydrogen-bond acceptors (Lipinski definition) is 2. The van der Waals surface area contributed by atoms with Crippen molar-refractivity contribution in [2.24, 2.45) is 0 Å². The highest BCUT2D eigenvalue weighted by Crippen LogP contribution is 2.18. The summed E-state index contributed by atoms with van der Waals surface area (Å²) >= 11 is 0. The van der Waals surface area contributed by atoms with Crippen LogP contribution in [0.1, 0.15) is 29.8 Å². The van der Waals surface area contributed by atoms with Gasteiger partial charge in [0.1, 0.15) is 5.69 Å². The van der Waals surface area contributed by atoms with Crippen molar-refractivity contribution in [2.45, 2.75) is 19.3 Å². The molecule has 0 atom stereocenters. The molecule has 0 radical (unpaired) electrons. The second kappa shape index (κ2) is 5.26. The summed E-state index contributed by atoms with van der Waals surface area (Å²) in [6.07, 6.45) is 3.43. The molecule has 0 aliphatic carbocycles. The first-order valence-corrected chi connectivity index (χ1v) is 6.75. The van der Waals surface area contributed by atoms with E-state index in [2.05, 4.69) is 10.2 Å². The first-order chi connectivity index (χ1) is 9.34. The molecule has 1 saturated heterocycles. The minimum Gasteiger partial charge on any atom is -0.337 e. The van der Waals surface area contributed by atoms with E-state index in [-0.39, 0.29) is 5.91 Å². The molecule has 1 aliphatic heterocycles. The molecule has 2 aromatic rings. The van der Waals surface area contributed by atoms with E-state index < -0.39 is 0 Å². The van der Waals surface area contributed by atoms with Crippen LogP contribution in [-0.2, 0) is 0 Å². The lowest BCUT2D eigenvalue weighted by Gasteiger charge is -2.25. The van der Waals surface area contributed by atoms with Crippen molar-refractivity contribution in [1.82, 2.24) is 15.1 Å². The van der Waals surface area contributed by atoms with E-state index in [1.807, 2.05) is 41.3 Å². The Labute approximate surface area is 112 Å². The highest BCUT2D eigenvalue weighted by molar-refractivity contribution is 5.93. The van der Waals surface area contributed by atoms with Crippen LogP contribution < -0.4 is 0 Å². The second-order valence-corrected chi connectivity index (χ2v) is 4.89. The largest absolute Gasteiger partial charge is 0.337 e. The van der Waals surface area contributed by atoms with Gasteiger partial charge in [0.2, 0.25) is 0 Å². The molecule has 2 heterocycles. The van der Waals surface area contributed by atoms with Gasteiger partial charge in [-0.3, -0.25) is 9.89 Å². The molecule has 4 heteroatoms. The molecule has 1 amide bonds. The smallest absolute Gasteiger partial charge is 0.271 e. The Kier molecular flexibility index (Phi) is 3.31. The average molecular weight is 255 g/mol. The standard InChI is InChI=1S/C15H17N3O/c19-15(18-9-5-2-6-10-18)14-11-13(16-17-14)12-7-3-1-4-8-12/h1,3-4,7-8,11H,2,5-6,9-10H2,(H,16,17). The highest BCUT2D eigenvalue weighted by Gasteiger charge is 2.20. The van der Waals surface area contributed by atoms with E-state index in [1.54, 1.807) is 0 Å². The number of benzene rings is 1. The topological polar surface area (TPSA) is 49.0 Å². The minimum absolute atomic E-state index is 0.0642. The van der Waals surface area contributed by atoms with Crippen LogP contribution in [0, 0.1) is 0 Å². The maximum atomic E-state index is 12.3. The Morgan fingerprint density at radius 1 is 1.11 bits per heavy atom. The van der Waals surface area contributed by atoms with Crippen LogP contribution >= 0.6 is 0 Å². The number of likely N-dealkylation sites (tertiary alicyclic amines) is 1. The number of H-pyrrole nitrogens is 1. The summed E-state index contributed by atoms with van der Waals surface area (Å²) in [7, 11) is 0. The van der Waals surface area contributed by atoms with Crippen LogP contribution in [-0.4, -0.2) is 34.1 Å². The molecule has 3 rings (SSSR count). The number of nitrogens with one attached hydrogen (secondary N) is 1. The van der Waals surface area contributed by atoms with Gasteiger partial charge in [0, 0.05) is 18.7 Å². The van der Waals surface area contributed by atoms with E-state index in [0.717, 1.165) is 37.2 Å². The summed E-state index contributed by atoms with van der Waals surface area (Å²) in [5, 5.41) is 7.09. The zero-order chi connectivity index (χ0) is 13.1. The summed E-state index contributed by atoms with van der Waals surface area (Å²) in [5.74, 6) is 0.0642. The Morgan fingerprint density at radius 2 is 1.84 bits per heavy atom. The zero-order valence-electron chi connectivity index (χ0n) is 10.8. The van der Waals surface area contributed by atoms with E-state index in [9.17, 15) is 4.79 Å². The summed E-state index contributed by atoms with van der Waals surface area (Å²) < 4.78 is 0. The molecule has 0 unspecified atom stereocenters. The quantitative estimate of drug-likeness (QED) is 0.897.